The Morgan fingerprint density at radius 1 is 1.13 bits per heavy atom. The van der Waals surface area contributed by atoms with E-state index in [0.29, 0.717) is 31.1 Å². The van der Waals surface area contributed by atoms with Crippen LogP contribution >= 0.6 is 0 Å². The molecule has 30 heavy (non-hydrogen) atoms. The molecule has 2 rings (SSSR count). The maximum absolute atomic E-state index is 13.0. The van der Waals surface area contributed by atoms with Gasteiger partial charge in [-0.25, -0.2) is 0 Å². The second kappa shape index (κ2) is 9.83. The predicted octanol–water partition coefficient (Wildman–Crippen LogP) is 5.02. The van der Waals surface area contributed by atoms with Gasteiger partial charge in [-0.05, 0) is 47.2 Å². The number of nitrogens with one attached hydrogen (secondary N) is 1. The first-order chi connectivity index (χ1) is 14.0. The molecule has 6 nitrogen and oxygen atoms in total. The Balaban J connectivity index is 2.30. The van der Waals surface area contributed by atoms with Crippen molar-refractivity contribution in [1.82, 2.24) is 4.90 Å². The van der Waals surface area contributed by atoms with Crippen LogP contribution in [0.1, 0.15) is 57.2 Å². The van der Waals surface area contributed by atoms with Crippen LogP contribution in [0.4, 0.5) is 11.4 Å². The number of furan rings is 1. The van der Waals surface area contributed by atoms with Crippen molar-refractivity contribution < 1.29 is 14.0 Å². The maximum atomic E-state index is 13.0. The summed E-state index contributed by atoms with van der Waals surface area (Å²) in [5.74, 6) is 0.464. The molecule has 0 saturated heterocycles. The van der Waals surface area contributed by atoms with E-state index in [4.69, 9.17) is 4.42 Å². The van der Waals surface area contributed by atoms with Crippen molar-refractivity contribution in [2.24, 2.45) is 11.3 Å². The molecule has 0 aliphatic heterocycles. The van der Waals surface area contributed by atoms with Gasteiger partial charge < -0.3 is 19.5 Å². The molecule has 2 amide bonds. The number of rotatable bonds is 8. The van der Waals surface area contributed by atoms with Crippen LogP contribution in [-0.4, -0.2) is 37.4 Å². The van der Waals surface area contributed by atoms with Gasteiger partial charge in [-0.2, -0.15) is 0 Å². The minimum absolute atomic E-state index is 0.0739. The lowest BCUT2D eigenvalue weighted by Gasteiger charge is -2.30. The fourth-order valence-corrected chi connectivity index (χ4v) is 3.29. The van der Waals surface area contributed by atoms with Crippen molar-refractivity contribution in [1.29, 1.82) is 0 Å². The minimum Gasteiger partial charge on any atom is -0.459 e. The van der Waals surface area contributed by atoms with E-state index in [9.17, 15) is 9.59 Å². The number of carbonyl (C=O) groups excluding carboxylic acids is 2. The number of anilines is 2. The summed E-state index contributed by atoms with van der Waals surface area (Å²) in [6.07, 6.45) is 1.96. The summed E-state index contributed by atoms with van der Waals surface area (Å²) < 4.78 is 5.17. The van der Waals surface area contributed by atoms with E-state index in [1.54, 1.807) is 12.1 Å². The predicted molar refractivity (Wildman–Crippen MR) is 122 cm³/mol. The highest BCUT2D eigenvalue weighted by Crippen LogP contribution is 2.27. The highest BCUT2D eigenvalue weighted by atomic mass is 16.3. The first-order valence-electron chi connectivity index (χ1n) is 10.4. The van der Waals surface area contributed by atoms with Crippen LogP contribution in [-0.2, 0) is 11.3 Å². The monoisotopic (exact) mass is 413 g/mol. The topological polar surface area (TPSA) is 65.8 Å². The van der Waals surface area contributed by atoms with E-state index in [-0.39, 0.29) is 23.0 Å². The van der Waals surface area contributed by atoms with Gasteiger partial charge in [0.2, 0.25) is 5.91 Å². The van der Waals surface area contributed by atoms with Crippen LogP contribution in [0.15, 0.2) is 41.0 Å². The second-order valence-electron chi connectivity index (χ2n) is 9.57. The Kier molecular flexibility index (Phi) is 7.71. The minimum atomic E-state index is -0.300. The molecule has 0 saturated carbocycles. The van der Waals surface area contributed by atoms with Gasteiger partial charge in [0.05, 0.1) is 6.26 Å². The molecular formula is C24H35N3O3. The zero-order valence-electron chi connectivity index (χ0n) is 19.3. The fourth-order valence-electron chi connectivity index (χ4n) is 3.29. The largest absolute Gasteiger partial charge is 0.459 e. The number of amides is 2. The number of nitrogens with zero attached hydrogens (tertiary/aromatic N) is 2. The molecule has 2 aromatic rings. The van der Waals surface area contributed by atoms with Gasteiger partial charge in [0.1, 0.15) is 0 Å². The van der Waals surface area contributed by atoms with Gasteiger partial charge in [-0.15, -0.1) is 0 Å². The van der Waals surface area contributed by atoms with E-state index in [1.807, 2.05) is 42.1 Å². The quantitative estimate of drug-likeness (QED) is 0.660. The van der Waals surface area contributed by atoms with E-state index in [1.165, 1.54) is 6.26 Å². The average molecular weight is 414 g/mol. The smallest absolute Gasteiger partial charge is 0.291 e. The summed E-state index contributed by atoms with van der Waals surface area (Å²) in [5.41, 5.74) is 2.60. The van der Waals surface area contributed by atoms with Crippen molar-refractivity contribution in [2.45, 2.75) is 47.6 Å². The normalized spacial score (nSPS) is 11.5. The summed E-state index contributed by atoms with van der Waals surface area (Å²) in [5, 5.41) is 2.88. The van der Waals surface area contributed by atoms with Gasteiger partial charge in [0.25, 0.3) is 5.91 Å². The van der Waals surface area contributed by atoms with E-state index >= 15 is 0 Å². The van der Waals surface area contributed by atoms with Gasteiger partial charge >= 0.3 is 0 Å². The van der Waals surface area contributed by atoms with Crippen molar-refractivity contribution in [2.75, 3.05) is 30.9 Å². The number of carbonyl (C=O) groups is 2. The van der Waals surface area contributed by atoms with Crippen LogP contribution in [0, 0.1) is 11.3 Å². The number of hydrogen-bond acceptors (Lipinski definition) is 4. The third-order valence-electron chi connectivity index (χ3n) is 4.55. The molecule has 164 valence electrons. The molecule has 0 unspecified atom stereocenters. The van der Waals surface area contributed by atoms with Crippen LogP contribution in [0.5, 0.6) is 0 Å². The molecule has 0 spiro atoms. The molecule has 1 N–H and O–H groups in total. The lowest BCUT2D eigenvalue weighted by atomic mass is 9.91. The first-order valence-corrected chi connectivity index (χ1v) is 10.4. The standard InChI is InChI=1S/C24H35N3O3/c1-17(2)15-27(22(28)14-24(3,4)5)16-18-13-19(10-11-20(18)26(6)7)25-23(29)21-9-8-12-30-21/h8-13,17H,14-16H2,1-7H3,(H,25,29). The molecule has 1 aromatic carbocycles. The summed E-state index contributed by atoms with van der Waals surface area (Å²) in [6, 6.07) is 9.08. The Bertz CT molecular complexity index is 849. The molecular weight excluding hydrogens is 378 g/mol. The van der Waals surface area contributed by atoms with Crippen molar-refractivity contribution in [3.8, 4) is 0 Å². The Morgan fingerprint density at radius 3 is 2.37 bits per heavy atom. The summed E-state index contributed by atoms with van der Waals surface area (Å²) in [4.78, 5) is 29.3. The van der Waals surface area contributed by atoms with E-state index < -0.39 is 0 Å². The van der Waals surface area contributed by atoms with E-state index in [2.05, 4.69) is 39.9 Å². The van der Waals surface area contributed by atoms with Crippen LogP contribution in [0.25, 0.3) is 0 Å². The number of benzene rings is 1. The van der Waals surface area contributed by atoms with Gasteiger partial charge in [0, 0.05) is 45.0 Å². The van der Waals surface area contributed by atoms with E-state index in [0.717, 1.165) is 11.3 Å². The highest BCUT2D eigenvalue weighted by molar-refractivity contribution is 6.02. The van der Waals surface area contributed by atoms with Crippen LogP contribution in [0.2, 0.25) is 0 Å². The van der Waals surface area contributed by atoms with Crippen LogP contribution in [0.3, 0.4) is 0 Å². The maximum Gasteiger partial charge on any atom is 0.291 e. The Morgan fingerprint density at radius 2 is 1.83 bits per heavy atom. The van der Waals surface area contributed by atoms with Crippen molar-refractivity contribution >= 4 is 23.2 Å². The molecule has 1 aromatic heterocycles. The second-order valence-corrected chi connectivity index (χ2v) is 9.57. The fraction of sp³-hybridized carbons (Fsp3) is 0.500. The van der Waals surface area contributed by atoms with Crippen LogP contribution < -0.4 is 10.2 Å². The summed E-state index contributed by atoms with van der Waals surface area (Å²) in [6.45, 7) is 11.6. The lowest BCUT2D eigenvalue weighted by molar-refractivity contribution is -0.134. The molecule has 0 bridgehead atoms. The number of hydrogen-bond donors (Lipinski definition) is 1. The van der Waals surface area contributed by atoms with Gasteiger partial charge in [-0.1, -0.05) is 34.6 Å². The molecule has 0 atom stereocenters. The third kappa shape index (κ3) is 6.94. The molecule has 0 aliphatic rings. The molecule has 0 radical (unpaired) electrons. The molecule has 0 aliphatic carbocycles. The van der Waals surface area contributed by atoms with Crippen molar-refractivity contribution in [3.63, 3.8) is 0 Å². The highest BCUT2D eigenvalue weighted by Gasteiger charge is 2.23. The Hall–Kier alpha value is -2.76. The molecule has 0 fully saturated rings. The third-order valence-corrected chi connectivity index (χ3v) is 4.55. The summed E-state index contributed by atoms with van der Waals surface area (Å²) >= 11 is 0. The molecule has 6 heteroatoms. The van der Waals surface area contributed by atoms with Crippen molar-refractivity contribution in [3.05, 3.63) is 47.9 Å². The van der Waals surface area contributed by atoms with Gasteiger partial charge in [0.15, 0.2) is 5.76 Å². The van der Waals surface area contributed by atoms with Gasteiger partial charge in [-0.3, -0.25) is 9.59 Å². The SMILES string of the molecule is CC(C)CN(Cc1cc(NC(=O)c2ccco2)ccc1N(C)C)C(=O)CC(C)(C)C. The zero-order chi connectivity index (χ0) is 22.5. The first kappa shape index (κ1) is 23.5. The summed E-state index contributed by atoms with van der Waals surface area (Å²) in [7, 11) is 3.95. The zero-order valence-corrected chi connectivity index (χ0v) is 19.3. The Labute approximate surface area is 180 Å². The lowest BCUT2D eigenvalue weighted by Crippen LogP contribution is -2.36. The average Bonchev–Trinajstić information content (AvgIpc) is 3.14. The molecule has 1 heterocycles.